The van der Waals surface area contributed by atoms with Crippen molar-refractivity contribution in [2.24, 2.45) is 11.7 Å². The molecule has 80 heavy (non-hydrogen) atoms. The molecule has 3 fully saturated rings. The molecule has 3 amide bonds. The molecule has 3 unspecified atom stereocenters. The Morgan fingerprint density at radius 3 is 1.51 bits per heavy atom. The number of hydroxylamine groups is 2. The number of unbranched alkanes of at least 4 members (excludes halogenated alkanes) is 2. The molecule has 1 aromatic rings. The number of hydrogen-bond acceptors (Lipinski definition) is 11. The minimum Gasteiger partial charge on any atom is -0.390 e. The summed E-state index contributed by atoms with van der Waals surface area (Å²) >= 11 is 0. The van der Waals surface area contributed by atoms with Gasteiger partial charge < -0.3 is 45.2 Å². The van der Waals surface area contributed by atoms with Gasteiger partial charge in [-0.25, -0.2) is 0 Å². The van der Waals surface area contributed by atoms with Gasteiger partial charge in [-0.2, -0.15) is 5.06 Å². The number of amides is 3. The van der Waals surface area contributed by atoms with Crippen molar-refractivity contribution in [3.8, 4) is 11.8 Å². The van der Waals surface area contributed by atoms with Crippen LogP contribution in [0.2, 0.25) is 0 Å². The summed E-state index contributed by atoms with van der Waals surface area (Å²) in [6.07, 6.45) is -0.979. The Bertz CT molecular complexity index is 1290. The lowest BCUT2D eigenvalue weighted by Crippen LogP contribution is -2.61. The molecule has 1 aliphatic carbocycles. The molecule has 0 radical (unpaired) electrons. The number of rotatable bonds is 18. The number of primary amides is 1. The van der Waals surface area contributed by atoms with Crippen LogP contribution >= 0.6 is 0 Å². The van der Waals surface area contributed by atoms with Crippen LogP contribution in [0.4, 0.5) is 0 Å². The molecule has 2 aliphatic heterocycles. The maximum absolute atomic E-state index is 14.0. The van der Waals surface area contributed by atoms with E-state index in [4.69, 9.17) is 34.3 Å². The van der Waals surface area contributed by atoms with Crippen LogP contribution in [0.5, 0.6) is 0 Å². The number of aliphatic hydroxyl groups excluding tert-OH is 1. The summed E-state index contributed by atoms with van der Waals surface area (Å²) in [6, 6.07) is 6.37. The fraction of sp³-hybridized carbons (Fsp3) is 0.833. The highest BCUT2D eigenvalue weighted by Crippen LogP contribution is 2.53. The molecule has 1 saturated carbocycles. The SMILES string of the molecule is C.C.C.C.C.C.C.C.C.C.C.C.C.C.C.C.C.C.C.C.C.C.C.C.C.C.C.C.C.C.C.C.C.CCOC(C#Cc1cccc(CN2O[C@@]3(C(=O)NCCCCCC(N)=O)CC4OC4C(O)[C@H]3[C@H]2C(=O)NCC(OC)OC)c1)OCC. The Balaban J connectivity index is -0.0000000271. The van der Waals surface area contributed by atoms with Crippen LogP contribution in [0.1, 0.15) is 302 Å². The summed E-state index contributed by atoms with van der Waals surface area (Å²) < 4.78 is 27.3. The van der Waals surface area contributed by atoms with Crippen LogP contribution in [0.15, 0.2) is 24.3 Å². The van der Waals surface area contributed by atoms with Gasteiger partial charge in [-0.15, -0.1) is 0 Å². The monoisotopic (exact) mass is 1190 g/mol. The van der Waals surface area contributed by atoms with Crippen LogP contribution in [0.3, 0.4) is 0 Å². The van der Waals surface area contributed by atoms with Crippen molar-refractivity contribution in [2.75, 3.05) is 40.5 Å². The Hall–Kier alpha value is -3.13. The van der Waals surface area contributed by atoms with Crippen molar-refractivity contribution in [2.45, 2.75) is 340 Å². The van der Waals surface area contributed by atoms with Crippen molar-refractivity contribution in [3.63, 3.8) is 0 Å². The highest BCUT2D eigenvalue weighted by atomic mass is 16.7. The fourth-order valence-corrected chi connectivity index (χ4v) is 6.24. The van der Waals surface area contributed by atoms with Gasteiger partial charge in [0.2, 0.25) is 18.1 Å². The topological polar surface area (TPSA) is 183 Å². The zero-order valence-corrected chi connectivity index (χ0v) is 27.6. The lowest BCUT2D eigenvalue weighted by molar-refractivity contribution is -0.219. The molecule has 3 aliphatic rings. The first-order valence-electron chi connectivity index (χ1n) is 16.2. The average Bonchev–Trinajstić information content (AvgIpc) is 3.75. The highest BCUT2D eigenvalue weighted by molar-refractivity contribution is 5.90. The number of fused-ring (bicyclic) bond motifs is 2. The number of hydrogen-bond donors (Lipinski definition) is 4. The van der Waals surface area contributed by atoms with Crippen molar-refractivity contribution < 1.29 is 48.0 Å². The number of methoxy groups -OCH3 is 2. The van der Waals surface area contributed by atoms with Gasteiger partial charge in [-0.05, 0) is 50.3 Å². The molecule has 1 aromatic carbocycles. The lowest BCUT2D eigenvalue weighted by Gasteiger charge is -2.37. The molecule has 0 aromatic heterocycles. The number of nitrogens with two attached hydrogens (primary N) is 1. The van der Waals surface area contributed by atoms with Gasteiger partial charge in [0.1, 0.15) is 12.1 Å². The number of aliphatic hydroxyl groups is 1. The third kappa shape index (κ3) is 52.9. The normalized spacial score (nSPS) is 15.5. The van der Waals surface area contributed by atoms with Crippen LogP contribution < -0.4 is 16.4 Å². The first kappa shape index (κ1) is 201. The van der Waals surface area contributed by atoms with Crippen molar-refractivity contribution >= 4 is 17.7 Å². The van der Waals surface area contributed by atoms with E-state index >= 15 is 0 Å². The van der Waals surface area contributed by atoms with E-state index in [0.29, 0.717) is 44.6 Å². The second-order valence-corrected chi connectivity index (χ2v) is 11.8. The molecule has 14 heteroatoms. The summed E-state index contributed by atoms with van der Waals surface area (Å²) in [4.78, 5) is 45.4. The van der Waals surface area contributed by atoms with Crippen molar-refractivity contribution in [3.05, 3.63) is 35.4 Å². The summed E-state index contributed by atoms with van der Waals surface area (Å²) in [5, 5.41) is 18.8. The summed E-state index contributed by atoms with van der Waals surface area (Å²) in [7, 11) is 2.93. The molecular weight excluding hydrogens is 1010 g/mol. The van der Waals surface area contributed by atoms with Gasteiger partial charge in [0.05, 0.1) is 31.2 Å². The smallest absolute Gasteiger partial charge is 0.254 e. The van der Waals surface area contributed by atoms with Gasteiger partial charge in [0.15, 0.2) is 11.9 Å². The summed E-state index contributed by atoms with van der Waals surface area (Å²) in [5.41, 5.74) is 5.14. The Kier molecular flexibility index (Phi) is 247. The van der Waals surface area contributed by atoms with E-state index in [0.717, 1.165) is 5.56 Å². The van der Waals surface area contributed by atoms with E-state index in [1.165, 1.54) is 19.3 Å². The Morgan fingerprint density at radius 2 is 1.11 bits per heavy atom. The molecule has 5 N–H and O–H groups in total. The van der Waals surface area contributed by atoms with E-state index < -0.39 is 54.2 Å². The van der Waals surface area contributed by atoms with Crippen LogP contribution in [-0.2, 0) is 49.5 Å². The van der Waals surface area contributed by atoms with Gasteiger partial charge in [0, 0.05) is 52.4 Å². The quantitative estimate of drug-likeness (QED) is 0.0475. The predicted molar refractivity (Wildman–Crippen MR) is 390 cm³/mol. The molecule has 4 rings (SSSR count). The summed E-state index contributed by atoms with van der Waals surface area (Å²) in [6.45, 7) is 5.12. The fourth-order valence-electron chi connectivity index (χ4n) is 6.24. The van der Waals surface area contributed by atoms with E-state index in [-0.39, 0.29) is 283 Å². The predicted octanol–water partition coefficient (Wildman–Crippen LogP) is 21.3. The van der Waals surface area contributed by atoms with Gasteiger partial charge in [-0.3, -0.25) is 19.2 Å². The van der Waals surface area contributed by atoms with Gasteiger partial charge in [0.25, 0.3) is 5.91 Å². The minimum atomic E-state index is -1.56. The van der Waals surface area contributed by atoms with Crippen LogP contribution in [0, 0.1) is 17.8 Å². The zero-order valence-electron chi connectivity index (χ0n) is 27.6. The number of carbonyl (C=O) groups is 3. The van der Waals surface area contributed by atoms with E-state index in [1.54, 1.807) is 0 Å². The number of nitrogens with one attached hydrogen (secondary N) is 2. The lowest BCUT2D eigenvalue weighted by atomic mass is 9.70. The number of benzene rings is 1. The number of nitrogens with zero attached hydrogens (tertiary/aromatic N) is 1. The highest BCUT2D eigenvalue weighted by Gasteiger charge is 2.72. The number of ether oxygens (including phenoxy) is 5. The molecule has 524 valence electrons. The zero-order chi connectivity index (χ0) is 34.0. The van der Waals surface area contributed by atoms with Crippen molar-refractivity contribution in [1.82, 2.24) is 15.7 Å². The molecule has 6 atom stereocenters. The second kappa shape index (κ2) is 98.0. The number of carbonyl (C=O) groups excluding carboxylic acids is 3. The Morgan fingerprint density at radius 1 is 0.675 bits per heavy atom. The standard InChI is InChI=1S/C33H48N4O10.33CH4/c1-5-44-25(45-6-2)15-14-21-11-10-12-22(17-21)20-37-28(31(40)36-19-26(42-3)43-4)27-29(39)30-23(46-30)18-33(27,47-37)32(41)35-16-9-7-8-13-24(34)38;;;;;;;;;;;;;;;;;;;;;;;;;;;;;;;;;/h10-12,17,23,25-30,39H,5-9,13,16,18-20H2,1-4H3,(H2,34,38)(H,35,41)(H,36,40);33*1H4/t23?,27-,28+,29?,30?,33+;;;;;;;;;;;;;;;;;;;;;;;;;;;;;;;;;/m1................................./s1. The molecule has 0 bridgehead atoms. The third-order valence-corrected chi connectivity index (χ3v) is 8.54. The van der Waals surface area contributed by atoms with E-state index in [9.17, 15) is 19.5 Å². The van der Waals surface area contributed by atoms with Crippen LogP contribution in [0.25, 0.3) is 0 Å². The number of epoxide rings is 1. The van der Waals surface area contributed by atoms with Crippen molar-refractivity contribution in [1.29, 1.82) is 0 Å². The van der Waals surface area contributed by atoms with Crippen LogP contribution in [-0.4, -0.2) is 111 Å². The second-order valence-electron chi connectivity index (χ2n) is 11.8. The maximum atomic E-state index is 14.0. The molecular formula is C66H180N4O10. The largest absolute Gasteiger partial charge is 0.390 e. The summed E-state index contributed by atoms with van der Waals surface area (Å²) in [5.74, 6) is 3.88. The molecule has 2 heterocycles. The molecule has 0 spiro atoms. The third-order valence-electron chi connectivity index (χ3n) is 8.54. The van der Waals surface area contributed by atoms with E-state index in [2.05, 4.69) is 22.5 Å². The Labute approximate surface area is 519 Å². The molecule has 2 saturated heterocycles. The first-order chi connectivity index (χ1) is 22.7. The van der Waals surface area contributed by atoms with E-state index in [1.807, 2.05) is 38.1 Å². The minimum absolute atomic E-state index is 0. The van der Waals surface area contributed by atoms with Gasteiger partial charge in [-0.1, -0.05) is 270 Å². The molecule has 14 nitrogen and oxygen atoms in total. The average molecular weight is 1190 g/mol. The first-order valence-corrected chi connectivity index (χ1v) is 16.2. The maximum Gasteiger partial charge on any atom is 0.254 e. The van der Waals surface area contributed by atoms with Gasteiger partial charge >= 0.3 is 0 Å².